The molecule has 2 N–H and O–H groups in total. The molecule has 10 nitrogen and oxygen atoms in total. The number of hydrogen-bond donors (Lipinski definition) is 2. The van der Waals surface area contributed by atoms with E-state index in [1.165, 1.54) is 0 Å². The van der Waals surface area contributed by atoms with Crippen molar-refractivity contribution in [1.82, 2.24) is 10.2 Å². The molecule has 0 saturated heterocycles. The van der Waals surface area contributed by atoms with Gasteiger partial charge in [0, 0.05) is 11.1 Å². The standard InChI is InChI=1S/C27H26N4O6/c1-4-35-22-15-12-18(16-23(22)36-5-2)24(32)28-21-9-7-6-8-20(21)25(33)29-27-31-30-26(37-27)17-10-13-19(34-3)14-11-17/h6-16H,4-5H2,1-3H3,(H,28,32)(H,29,31,33). The first-order valence-corrected chi connectivity index (χ1v) is 11.6. The Balaban J connectivity index is 1.49. The summed E-state index contributed by atoms with van der Waals surface area (Å²) in [5, 5.41) is 13.2. The number of hydrogen-bond acceptors (Lipinski definition) is 8. The van der Waals surface area contributed by atoms with Crippen LogP contribution in [0.15, 0.2) is 71.1 Å². The predicted molar refractivity (Wildman–Crippen MR) is 137 cm³/mol. The van der Waals surface area contributed by atoms with Crippen LogP contribution in [0.4, 0.5) is 11.7 Å². The van der Waals surface area contributed by atoms with Gasteiger partial charge in [-0.1, -0.05) is 17.2 Å². The Kier molecular flexibility index (Phi) is 7.99. The molecule has 4 aromatic rings. The molecule has 1 heterocycles. The SMILES string of the molecule is CCOc1ccc(C(=O)Nc2ccccc2C(=O)Nc2nnc(-c3ccc(OC)cc3)o2)cc1OCC. The highest BCUT2D eigenvalue weighted by molar-refractivity contribution is 6.12. The van der Waals surface area contributed by atoms with Crippen LogP contribution in [0.1, 0.15) is 34.6 Å². The number of methoxy groups -OCH3 is 1. The molecule has 0 aliphatic carbocycles. The number of para-hydroxylation sites is 1. The van der Waals surface area contributed by atoms with E-state index in [0.717, 1.165) is 0 Å². The lowest BCUT2D eigenvalue weighted by atomic mass is 10.1. The molecule has 4 rings (SSSR count). The van der Waals surface area contributed by atoms with E-state index < -0.39 is 11.8 Å². The van der Waals surface area contributed by atoms with Crippen molar-refractivity contribution in [2.75, 3.05) is 31.0 Å². The average molecular weight is 503 g/mol. The molecule has 0 atom stereocenters. The van der Waals surface area contributed by atoms with E-state index in [4.69, 9.17) is 18.6 Å². The van der Waals surface area contributed by atoms with Gasteiger partial charge in [0.05, 0.1) is 31.6 Å². The van der Waals surface area contributed by atoms with E-state index in [1.807, 2.05) is 13.8 Å². The number of rotatable bonds is 10. The summed E-state index contributed by atoms with van der Waals surface area (Å²) in [7, 11) is 1.58. The van der Waals surface area contributed by atoms with Gasteiger partial charge < -0.3 is 23.9 Å². The molecule has 0 unspecified atom stereocenters. The fourth-order valence-corrected chi connectivity index (χ4v) is 3.47. The quantitative estimate of drug-likeness (QED) is 0.309. The Morgan fingerprint density at radius 3 is 2.30 bits per heavy atom. The maximum atomic E-state index is 13.0. The summed E-state index contributed by atoms with van der Waals surface area (Å²) in [5.41, 5.74) is 1.55. The lowest BCUT2D eigenvalue weighted by Gasteiger charge is -2.13. The van der Waals surface area contributed by atoms with Crippen molar-refractivity contribution >= 4 is 23.5 Å². The lowest BCUT2D eigenvalue weighted by Crippen LogP contribution is -2.18. The average Bonchev–Trinajstić information content (AvgIpc) is 3.38. The molecule has 1 aromatic heterocycles. The number of nitrogens with zero attached hydrogens (tertiary/aromatic N) is 2. The predicted octanol–water partition coefficient (Wildman–Crippen LogP) is 5.05. The van der Waals surface area contributed by atoms with E-state index in [9.17, 15) is 9.59 Å². The third-order valence-electron chi connectivity index (χ3n) is 5.21. The summed E-state index contributed by atoms with van der Waals surface area (Å²) in [6, 6.07) is 18.5. The van der Waals surface area contributed by atoms with Crippen molar-refractivity contribution in [1.29, 1.82) is 0 Å². The van der Waals surface area contributed by atoms with Crippen LogP contribution in [0.2, 0.25) is 0 Å². The minimum atomic E-state index is -0.525. The van der Waals surface area contributed by atoms with Crippen LogP contribution in [-0.4, -0.2) is 42.3 Å². The minimum Gasteiger partial charge on any atom is -0.497 e. The highest BCUT2D eigenvalue weighted by atomic mass is 16.5. The summed E-state index contributed by atoms with van der Waals surface area (Å²) in [4.78, 5) is 26.0. The van der Waals surface area contributed by atoms with Gasteiger partial charge in [-0.05, 0) is 68.4 Å². The smallest absolute Gasteiger partial charge is 0.322 e. The van der Waals surface area contributed by atoms with Crippen molar-refractivity contribution < 1.29 is 28.2 Å². The van der Waals surface area contributed by atoms with Crippen LogP contribution in [0.25, 0.3) is 11.5 Å². The van der Waals surface area contributed by atoms with Crippen LogP contribution >= 0.6 is 0 Å². The highest BCUT2D eigenvalue weighted by Crippen LogP contribution is 2.29. The fourth-order valence-electron chi connectivity index (χ4n) is 3.47. The number of amides is 2. The maximum Gasteiger partial charge on any atom is 0.322 e. The number of benzene rings is 3. The van der Waals surface area contributed by atoms with Crippen molar-refractivity contribution in [2.45, 2.75) is 13.8 Å². The fraction of sp³-hybridized carbons (Fsp3) is 0.185. The second kappa shape index (κ2) is 11.7. The Bertz CT molecular complexity index is 1380. The van der Waals surface area contributed by atoms with Crippen LogP contribution in [0, 0.1) is 0 Å². The zero-order chi connectivity index (χ0) is 26.2. The number of anilines is 2. The Hall–Kier alpha value is -4.86. The first-order chi connectivity index (χ1) is 18.0. The zero-order valence-corrected chi connectivity index (χ0v) is 20.6. The molecule has 3 aromatic carbocycles. The third-order valence-corrected chi connectivity index (χ3v) is 5.21. The van der Waals surface area contributed by atoms with Crippen molar-refractivity contribution in [3.05, 3.63) is 77.9 Å². The second-order valence-electron chi connectivity index (χ2n) is 7.62. The highest BCUT2D eigenvalue weighted by Gasteiger charge is 2.18. The summed E-state index contributed by atoms with van der Waals surface area (Å²) in [5.74, 6) is 1.00. The molecule has 0 radical (unpaired) electrons. The number of carbonyl (C=O) groups is 2. The summed E-state index contributed by atoms with van der Waals surface area (Å²) in [6.45, 7) is 4.60. The maximum absolute atomic E-state index is 13.0. The van der Waals surface area contributed by atoms with Crippen LogP contribution in [0.5, 0.6) is 17.2 Å². The van der Waals surface area contributed by atoms with Gasteiger partial charge in [0.2, 0.25) is 5.89 Å². The van der Waals surface area contributed by atoms with Gasteiger partial charge in [-0.15, -0.1) is 5.10 Å². The molecular formula is C27H26N4O6. The minimum absolute atomic E-state index is 0.0789. The number of aromatic nitrogens is 2. The van der Waals surface area contributed by atoms with Gasteiger partial charge >= 0.3 is 6.01 Å². The molecule has 190 valence electrons. The Morgan fingerprint density at radius 1 is 0.838 bits per heavy atom. The van der Waals surface area contributed by atoms with Crippen LogP contribution in [-0.2, 0) is 0 Å². The monoisotopic (exact) mass is 502 g/mol. The van der Waals surface area contributed by atoms with Crippen LogP contribution < -0.4 is 24.8 Å². The Labute approximate surface area is 213 Å². The molecule has 0 saturated carbocycles. The zero-order valence-electron chi connectivity index (χ0n) is 20.6. The molecule has 10 heteroatoms. The molecule has 37 heavy (non-hydrogen) atoms. The van der Waals surface area contributed by atoms with Crippen LogP contribution in [0.3, 0.4) is 0 Å². The largest absolute Gasteiger partial charge is 0.497 e. The number of ether oxygens (including phenoxy) is 3. The van der Waals surface area contributed by atoms with Crippen molar-refractivity contribution in [2.24, 2.45) is 0 Å². The van der Waals surface area contributed by atoms with E-state index in [0.29, 0.717) is 47.3 Å². The number of nitrogens with one attached hydrogen (secondary N) is 2. The van der Waals surface area contributed by atoms with Gasteiger partial charge in [0.15, 0.2) is 11.5 Å². The third kappa shape index (κ3) is 6.04. The summed E-state index contributed by atoms with van der Waals surface area (Å²) < 4.78 is 21.9. The molecule has 2 amide bonds. The van der Waals surface area contributed by atoms with Gasteiger partial charge in [-0.25, -0.2) is 0 Å². The first-order valence-electron chi connectivity index (χ1n) is 11.6. The van der Waals surface area contributed by atoms with E-state index >= 15 is 0 Å². The second-order valence-corrected chi connectivity index (χ2v) is 7.62. The van der Waals surface area contributed by atoms with Gasteiger partial charge in [0.1, 0.15) is 5.75 Å². The summed E-state index contributed by atoms with van der Waals surface area (Å²) >= 11 is 0. The van der Waals surface area contributed by atoms with Gasteiger partial charge in [-0.3, -0.25) is 14.9 Å². The first kappa shape index (κ1) is 25.2. The molecule has 0 aliphatic heterocycles. The van der Waals surface area contributed by atoms with E-state index in [1.54, 1.807) is 73.8 Å². The molecule has 0 spiro atoms. The van der Waals surface area contributed by atoms with Crippen molar-refractivity contribution in [3.63, 3.8) is 0 Å². The lowest BCUT2D eigenvalue weighted by molar-refractivity contribution is 0.102. The van der Waals surface area contributed by atoms with Crippen molar-refractivity contribution in [3.8, 4) is 28.7 Å². The normalized spacial score (nSPS) is 10.5. The number of carbonyl (C=O) groups excluding carboxylic acids is 2. The molecule has 0 aliphatic rings. The van der Waals surface area contributed by atoms with E-state index in [-0.39, 0.29) is 17.5 Å². The van der Waals surface area contributed by atoms with Gasteiger partial charge in [0.25, 0.3) is 11.8 Å². The summed E-state index contributed by atoms with van der Waals surface area (Å²) in [6.07, 6.45) is 0. The topological polar surface area (TPSA) is 125 Å². The molecule has 0 fully saturated rings. The Morgan fingerprint density at radius 2 is 1.57 bits per heavy atom. The van der Waals surface area contributed by atoms with E-state index in [2.05, 4.69) is 20.8 Å². The molecular weight excluding hydrogens is 476 g/mol. The van der Waals surface area contributed by atoms with Gasteiger partial charge in [-0.2, -0.15) is 0 Å². The molecule has 0 bridgehead atoms.